The molecule has 1 saturated carbocycles. The zero-order chi connectivity index (χ0) is 28.8. The highest BCUT2D eigenvalue weighted by atomic mass is 19.4. The van der Waals surface area contributed by atoms with E-state index in [1.165, 1.54) is 12.1 Å². The standard InChI is InChI=1S/C27H30F3N3O7/c28-27(29,30)40-22-7-5-20(6-8-22)32-25(37)33(21-9-12-26(13-10-21)38-15-16-39-26)17-18-1-3-19(4-2-18)24(36)31-14-11-23(34)35/h1-8,21H,9-17H2,(H,31,36)(H,32,37)(H,34,35). The first-order chi connectivity index (χ1) is 19.0. The maximum Gasteiger partial charge on any atom is 0.573 e. The van der Waals surface area contributed by atoms with Crippen LogP contribution in [0.5, 0.6) is 5.75 Å². The van der Waals surface area contributed by atoms with E-state index >= 15 is 0 Å². The van der Waals surface area contributed by atoms with Gasteiger partial charge in [0.05, 0.1) is 19.6 Å². The summed E-state index contributed by atoms with van der Waals surface area (Å²) in [7, 11) is 0. The molecule has 2 aromatic rings. The summed E-state index contributed by atoms with van der Waals surface area (Å²) in [5, 5.41) is 14.0. The molecule has 2 aliphatic rings. The number of anilines is 1. The van der Waals surface area contributed by atoms with Crippen LogP contribution < -0.4 is 15.4 Å². The average Bonchev–Trinajstić information content (AvgIpc) is 3.36. The number of nitrogens with one attached hydrogen (secondary N) is 2. The molecule has 1 aliphatic heterocycles. The van der Waals surface area contributed by atoms with Gasteiger partial charge in [0.1, 0.15) is 5.75 Å². The number of hydrogen-bond donors (Lipinski definition) is 3. The number of aliphatic carboxylic acids is 1. The lowest BCUT2D eigenvalue weighted by molar-refractivity contribution is -0.274. The summed E-state index contributed by atoms with van der Waals surface area (Å²) in [6.45, 7) is 1.27. The first-order valence-electron chi connectivity index (χ1n) is 12.8. The first-order valence-corrected chi connectivity index (χ1v) is 12.8. The Labute approximate surface area is 228 Å². The Kier molecular flexibility index (Phi) is 9.15. The molecule has 3 N–H and O–H groups in total. The number of hydrogen-bond acceptors (Lipinski definition) is 6. The normalized spacial score (nSPS) is 16.9. The van der Waals surface area contributed by atoms with Gasteiger partial charge >= 0.3 is 18.4 Å². The number of halogens is 3. The maximum absolute atomic E-state index is 13.4. The Balaban J connectivity index is 1.44. The number of alkyl halides is 3. The molecule has 216 valence electrons. The van der Waals surface area contributed by atoms with Gasteiger partial charge in [0.15, 0.2) is 5.79 Å². The molecular weight excluding hydrogens is 535 g/mol. The van der Waals surface area contributed by atoms with Crippen molar-refractivity contribution in [1.29, 1.82) is 0 Å². The Morgan fingerprint density at radius 2 is 1.62 bits per heavy atom. The Morgan fingerprint density at radius 3 is 2.20 bits per heavy atom. The fraction of sp³-hybridized carbons (Fsp3) is 0.444. The Morgan fingerprint density at radius 1 is 1.00 bits per heavy atom. The smallest absolute Gasteiger partial charge is 0.481 e. The van der Waals surface area contributed by atoms with Crippen LogP contribution in [0.25, 0.3) is 0 Å². The van der Waals surface area contributed by atoms with Crippen molar-refractivity contribution in [3.63, 3.8) is 0 Å². The number of amides is 3. The third-order valence-electron chi connectivity index (χ3n) is 6.76. The molecule has 0 unspecified atom stereocenters. The van der Waals surface area contributed by atoms with Crippen LogP contribution in [-0.2, 0) is 20.8 Å². The highest BCUT2D eigenvalue weighted by molar-refractivity contribution is 5.94. The number of carbonyl (C=O) groups is 3. The van der Waals surface area contributed by atoms with Gasteiger partial charge in [-0.25, -0.2) is 4.79 Å². The zero-order valence-electron chi connectivity index (χ0n) is 21.5. The van der Waals surface area contributed by atoms with Gasteiger partial charge in [0, 0.05) is 43.2 Å². The van der Waals surface area contributed by atoms with E-state index in [2.05, 4.69) is 15.4 Å². The number of carbonyl (C=O) groups excluding carboxylic acids is 2. The van der Waals surface area contributed by atoms with Gasteiger partial charge < -0.3 is 34.9 Å². The summed E-state index contributed by atoms with van der Waals surface area (Å²) in [4.78, 5) is 38.0. The number of ether oxygens (including phenoxy) is 3. The van der Waals surface area contributed by atoms with E-state index in [0.717, 1.165) is 17.7 Å². The second-order valence-electron chi connectivity index (χ2n) is 9.57. The minimum absolute atomic E-state index is 0.00375. The summed E-state index contributed by atoms with van der Waals surface area (Å²) < 4.78 is 52.9. The lowest BCUT2D eigenvalue weighted by atomic mass is 9.89. The van der Waals surface area contributed by atoms with Gasteiger partial charge in [-0.3, -0.25) is 9.59 Å². The zero-order valence-corrected chi connectivity index (χ0v) is 21.5. The van der Waals surface area contributed by atoms with E-state index in [0.29, 0.717) is 50.1 Å². The SMILES string of the molecule is O=C(O)CCNC(=O)c1ccc(CN(C(=O)Nc2ccc(OC(F)(F)F)cc2)C2CCC3(CC2)OCCO3)cc1. The molecule has 0 aromatic heterocycles. The van der Waals surface area contributed by atoms with Gasteiger partial charge in [0.2, 0.25) is 0 Å². The third-order valence-corrected chi connectivity index (χ3v) is 6.76. The number of carboxylic acid groups (broad SMARTS) is 1. The van der Waals surface area contributed by atoms with E-state index in [1.807, 2.05) is 0 Å². The molecule has 10 nitrogen and oxygen atoms in total. The minimum atomic E-state index is -4.82. The molecule has 1 saturated heterocycles. The molecule has 1 aliphatic carbocycles. The second-order valence-corrected chi connectivity index (χ2v) is 9.57. The van der Waals surface area contributed by atoms with E-state index < -0.39 is 35.8 Å². The van der Waals surface area contributed by atoms with Crippen LogP contribution in [0, 0.1) is 0 Å². The van der Waals surface area contributed by atoms with Crippen molar-refractivity contribution in [2.45, 2.75) is 56.8 Å². The van der Waals surface area contributed by atoms with E-state index in [9.17, 15) is 27.6 Å². The molecule has 1 spiro atoms. The highest BCUT2D eigenvalue weighted by Crippen LogP contribution is 2.38. The Hall–Kier alpha value is -3.84. The maximum atomic E-state index is 13.4. The topological polar surface area (TPSA) is 126 Å². The summed E-state index contributed by atoms with van der Waals surface area (Å²) in [5.41, 5.74) is 1.40. The lowest BCUT2D eigenvalue weighted by Crippen LogP contribution is -2.47. The second kappa shape index (κ2) is 12.6. The van der Waals surface area contributed by atoms with Crippen LogP contribution in [0.4, 0.5) is 23.7 Å². The molecule has 0 atom stereocenters. The third kappa shape index (κ3) is 8.09. The summed E-state index contributed by atoms with van der Waals surface area (Å²) >= 11 is 0. The molecule has 0 bridgehead atoms. The lowest BCUT2D eigenvalue weighted by Gasteiger charge is -2.40. The van der Waals surface area contributed by atoms with Crippen LogP contribution >= 0.6 is 0 Å². The van der Waals surface area contributed by atoms with Crippen molar-refractivity contribution < 1.29 is 46.9 Å². The largest absolute Gasteiger partial charge is 0.573 e. The van der Waals surface area contributed by atoms with Gasteiger partial charge in [-0.1, -0.05) is 12.1 Å². The fourth-order valence-corrected chi connectivity index (χ4v) is 4.78. The van der Waals surface area contributed by atoms with Crippen molar-refractivity contribution in [3.05, 3.63) is 59.7 Å². The van der Waals surface area contributed by atoms with Crippen LogP contribution in [-0.4, -0.2) is 65.9 Å². The van der Waals surface area contributed by atoms with Gasteiger partial charge in [-0.05, 0) is 54.8 Å². The quantitative estimate of drug-likeness (QED) is 0.409. The fourth-order valence-electron chi connectivity index (χ4n) is 4.78. The van der Waals surface area contributed by atoms with Crippen LogP contribution in [0.2, 0.25) is 0 Å². The van der Waals surface area contributed by atoms with Crippen LogP contribution in [0.15, 0.2) is 48.5 Å². The van der Waals surface area contributed by atoms with Crippen molar-refractivity contribution in [2.24, 2.45) is 0 Å². The number of nitrogens with zero attached hydrogens (tertiary/aromatic N) is 1. The molecule has 13 heteroatoms. The van der Waals surface area contributed by atoms with E-state index in [4.69, 9.17) is 14.6 Å². The Bertz CT molecular complexity index is 1170. The summed E-state index contributed by atoms with van der Waals surface area (Å²) in [5.74, 6) is -2.44. The molecule has 0 radical (unpaired) electrons. The molecule has 4 rings (SSSR count). The highest BCUT2D eigenvalue weighted by Gasteiger charge is 2.42. The first kappa shape index (κ1) is 29.2. The molecule has 2 aromatic carbocycles. The van der Waals surface area contributed by atoms with Crippen molar-refractivity contribution in [2.75, 3.05) is 25.1 Å². The minimum Gasteiger partial charge on any atom is -0.481 e. The monoisotopic (exact) mass is 565 g/mol. The predicted molar refractivity (Wildman–Crippen MR) is 136 cm³/mol. The van der Waals surface area contributed by atoms with Crippen molar-refractivity contribution in [1.82, 2.24) is 10.2 Å². The number of rotatable bonds is 9. The molecule has 1 heterocycles. The van der Waals surface area contributed by atoms with Gasteiger partial charge in [0.25, 0.3) is 5.91 Å². The average molecular weight is 566 g/mol. The molecule has 2 fully saturated rings. The molecular formula is C27H30F3N3O7. The van der Waals surface area contributed by atoms with Crippen molar-refractivity contribution >= 4 is 23.6 Å². The molecule has 40 heavy (non-hydrogen) atoms. The van der Waals surface area contributed by atoms with Crippen molar-refractivity contribution in [3.8, 4) is 5.75 Å². The summed E-state index contributed by atoms with van der Waals surface area (Å²) in [6, 6.07) is 10.9. The van der Waals surface area contributed by atoms with Crippen LogP contribution in [0.1, 0.15) is 48.0 Å². The molecule has 3 amide bonds. The van der Waals surface area contributed by atoms with E-state index in [-0.39, 0.29) is 25.6 Å². The number of urea groups is 1. The van der Waals surface area contributed by atoms with Crippen LogP contribution in [0.3, 0.4) is 0 Å². The van der Waals surface area contributed by atoms with Gasteiger partial charge in [-0.2, -0.15) is 0 Å². The van der Waals surface area contributed by atoms with Gasteiger partial charge in [-0.15, -0.1) is 13.2 Å². The number of carboxylic acids is 1. The predicted octanol–water partition coefficient (Wildman–Crippen LogP) is 4.51. The summed E-state index contributed by atoms with van der Waals surface area (Å²) in [6.07, 6.45) is -2.54. The number of benzene rings is 2. The van der Waals surface area contributed by atoms with E-state index in [1.54, 1.807) is 29.2 Å².